The molecule has 0 saturated carbocycles. The lowest BCUT2D eigenvalue weighted by molar-refractivity contribution is 0.273. The number of nitrogens with one attached hydrogen (secondary N) is 1. The summed E-state index contributed by atoms with van der Waals surface area (Å²) in [5.74, 6) is 2.38. The van der Waals surface area contributed by atoms with Crippen LogP contribution in [0.3, 0.4) is 0 Å². The highest BCUT2D eigenvalue weighted by atomic mass is 32.2. The zero-order chi connectivity index (χ0) is 26.1. The Bertz CT molecular complexity index is 1070. The van der Waals surface area contributed by atoms with Gasteiger partial charge in [-0.25, -0.2) is 13.9 Å². The zero-order valence-electron chi connectivity index (χ0n) is 21.7. The molecule has 0 unspecified atom stereocenters. The van der Waals surface area contributed by atoms with Crippen molar-refractivity contribution in [1.29, 1.82) is 0 Å². The minimum atomic E-state index is -1.31. The van der Waals surface area contributed by atoms with Gasteiger partial charge in [0, 0.05) is 31.5 Å². The fraction of sp³-hybridized carbons (Fsp3) is 0.393. The molecule has 2 atom stereocenters. The maximum absolute atomic E-state index is 13.0. The molecule has 194 valence electrons. The molecule has 0 amide bonds. The van der Waals surface area contributed by atoms with Crippen LogP contribution in [0.5, 0.6) is 11.5 Å². The van der Waals surface area contributed by atoms with Gasteiger partial charge in [0.1, 0.15) is 17.3 Å². The average molecular weight is 512 g/mol. The van der Waals surface area contributed by atoms with Crippen molar-refractivity contribution in [3.63, 3.8) is 0 Å². The van der Waals surface area contributed by atoms with Crippen molar-refractivity contribution in [3.05, 3.63) is 83.6 Å². The molecular weight excluding hydrogens is 474 g/mol. The summed E-state index contributed by atoms with van der Waals surface area (Å²) >= 11 is 0. The number of aromatic nitrogens is 1. The van der Waals surface area contributed by atoms with Gasteiger partial charge in [-0.2, -0.15) is 0 Å². The second-order valence-electron chi connectivity index (χ2n) is 9.53. The SMILES string of the molecule is COc1ccc(CN(Cc2ccc(OC)cc2)c2ncccc2[C@@H](CCO)N[S@](=O)C(C)(C)C)cc1. The first-order valence-corrected chi connectivity index (χ1v) is 13.1. The number of benzene rings is 2. The highest BCUT2D eigenvalue weighted by molar-refractivity contribution is 7.84. The van der Waals surface area contributed by atoms with Crippen molar-refractivity contribution in [2.75, 3.05) is 25.7 Å². The van der Waals surface area contributed by atoms with Gasteiger partial charge in [-0.05, 0) is 68.7 Å². The van der Waals surface area contributed by atoms with Crippen LogP contribution in [0.2, 0.25) is 0 Å². The first kappa shape index (κ1) is 27.6. The lowest BCUT2D eigenvalue weighted by atomic mass is 10.0. The van der Waals surface area contributed by atoms with E-state index in [0.29, 0.717) is 19.5 Å². The number of ether oxygens (including phenoxy) is 2. The Morgan fingerprint density at radius 1 is 0.944 bits per heavy atom. The zero-order valence-corrected chi connectivity index (χ0v) is 22.5. The van der Waals surface area contributed by atoms with Crippen LogP contribution in [0.4, 0.5) is 5.82 Å². The highest BCUT2D eigenvalue weighted by Gasteiger charge is 2.26. The highest BCUT2D eigenvalue weighted by Crippen LogP contribution is 2.30. The van der Waals surface area contributed by atoms with E-state index in [1.807, 2.05) is 81.4 Å². The van der Waals surface area contributed by atoms with Crippen molar-refractivity contribution in [1.82, 2.24) is 9.71 Å². The van der Waals surface area contributed by atoms with E-state index in [9.17, 15) is 9.32 Å². The molecule has 0 fully saturated rings. The summed E-state index contributed by atoms with van der Waals surface area (Å²) in [6.45, 7) is 6.95. The molecule has 36 heavy (non-hydrogen) atoms. The third-order valence-electron chi connectivity index (χ3n) is 5.78. The Morgan fingerprint density at radius 2 is 1.47 bits per heavy atom. The molecular formula is C28H37N3O4S. The third kappa shape index (κ3) is 7.53. The molecule has 0 aliphatic heterocycles. The number of anilines is 1. The number of hydrogen-bond acceptors (Lipinski definition) is 6. The van der Waals surface area contributed by atoms with E-state index < -0.39 is 15.7 Å². The summed E-state index contributed by atoms with van der Waals surface area (Å²) in [4.78, 5) is 6.97. The van der Waals surface area contributed by atoms with Crippen LogP contribution in [-0.4, -0.2) is 39.9 Å². The van der Waals surface area contributed by atoms with E-state index >= 15 is 0 Å². The average Bonchev–Trinajstić information content (AvgIpc) is 2.88. The van der Waals surface area contributed by atoms with E-state index in [4.69, 9.17) is 14.5 Å². The molecule has 3 rings (SSSR count). The summed E-state index contributed by atoms with van der Waals surface area (Å²) in [6, 6.07) is 19.5. The van der Waals surface area contributed by atoms with Crippen LogP contribution in [0.25, 0.3) is 0 Å². The van der Waals surface area contributed by atoms with E-state index in [0.717, 1.165) is 34.0 Å². The standard InChI is InChI=1S/C28H37N3O4S/c1-28(2,3)36(33)30-26(16-18-32)25-7-6-17-29-27(25)31(19-21-8-12-23(34-4)13-9-21)20-22-10-14-24(35-5)15-11-22/h6-15,17,26,30,32H,16,18-20H2,1-5H3/t26-,36-/m1/s1. The van der Waals surface area contributed by atoms with Crippen LogP contribution in [0, 0.1) is 0 Å². The minimum absolute atomic E-state index is 0.0374. The van der Waals surface area contributed by atoms with Gasteiger partial charge in [0.15, 0.2) is 0 Å². The molecule has 7 nitrogen and oxygen atoms in total. The van der Waals surface area contributed by atoms with Gasteiger partial charge in [0.25, 0.3) is 0 Å². The second-order valence-corrected chi connectivity index (χ2v) is 11.5. The lowest BCUT2D eigenvalue weighted by Crippen LogP contribution is -2.37. The molecule has 0 saturated heterocycles. The van der Waals surface area contributed by atoms with E-state index in [-0.39, 0.29) is 12.6 Å². The van der Waals surface area contributed by atoms with Crippen LogP contribution >= 0.6 is 0 Å². The molecule has 0 aliphatic carbocycles. The second kappa shape index (κ2) is 12.9. The predicted octanol–water partition coefficient (Wildman–Crippen LogP) is 4.78. The summed E-state index contributed by atoms with van der Waals surface area (Å²) in [5, 5.41) is 9.82. The van der Waals surface area contributed by atoms with Gasteiger partial charge in [-0.3, -0.25) is 0 Å². The molecule has 0 radical (unpaired) electrons. The first-order chi connectivity index (χ1) is 17.2. The van der Waals surface area contributed by atoms with Crippen LogP contribution < -0.4 is 19.1 Å². The number of aliphatic hydroxyl groups is 1. The van der Waals surface area contributed by atoms with Gasteiger partial charge in [0.2, 0.25) is 0 Å². The Morgan fingerprint density at radius 3 is 1.92 bits per heavy atom. The predicted molar refractivity (Wildman–Crippen MR) is 146 cm³/mol. The number of pyridine rings is 1. The van der Waals surface area contributed by atoms with Crippen molar-refractivity contribution in [2.45, 2.75) is 51.1 Å². The van der Waals surface area contributed by atoms with Crippen molar-refractivity contribution >= 4 is 16.8 Å². The number of hydrogen-bond donors (Lipinski definition) is 2. The number of rotatable bonds is 12. The normalized spacial score (nSPS) is 13.2. The van der Waals surface area contributed by atoms with Crippen molar-refractivity contribution in [2.24, 2.45) is 0 Å². The topological polar surface area (TPSA) is 83.9 Å². The van der Waals surface area contributed by atoms with E-state index in [1.54, 1.807) is 20.4 Å². The summed E-state index contributed by atoms with van der Waals surface area (Å²) in [5.41, 5.74) is 3.10. The van der Waals surface area contributed by atoms with Gasteiger partial charge in [0.05, 0.1) is 36.0 Å². The number of nitrogens with zero attached hydrogens (tertiary/aromatic N) is 2. The molecule has 0 aliphatic rings. The maximum Gasteiger partial charge on any atom is 0.133 e. The quantitative estimate of drug-likeness (QED) is 0.364. The third-order valence-corrected chi connectivity index (χ3v) is 7.39. The smallest absolute Gasteiger partial charge is 0.133 e. The van der Waals surface area contributed by atoms with E-state index in [1.165, 1.54) is 0 Å². The Kier molecular flexibility index (Phi) is 9.87. The van der Waals surface area contributed by atoms with Crippen molar-refractivity contribution in [3.8, 4) is 11.5 Å². The van der Waals surface area contributed by atoms with Gasteiger partial charge >= 0.3 is 0 Å². The molecule has 0 bridgehead atoms. The van der Waals surface area contributed by atoms with Gasteiger partial charge < -0.3 is 19.5 Å². The van der Waals surface area contributed by atoms with Crippen LogP contribution in [0.15, 0.2) is 66.9 Å². The Balaban J connectivity index is 2.00. The monoisotopic (exact) mass is 511 g/mol. The largest absolute Gasteiger partial charge is 0.497 e. The molecule has 1 aromatic heterocycles. The summed E-state index contributed by atoms with van der Waals surface area (Å²) in [6.07, 6.45) is 2.18. The van der Waals surface area contributed by atoms with E-state index in [2.05, 4.69) is 9.62 Å². The first-order valence-electron chi connectivity index (χ1n) is 12.0. The van der Waals surface area contributed by atoms with Crippen molar-refractivity contribution < 1.29 is 18.8 Å². The fourth-order valence-corrected chi connectivity index (χ4v) is 4.62. The maximum atomic E-state index is 13.0. The van der Waals surface area contributed by atoms with Gasteiger partial charge in [-0.1, -0.05) is 30.3 Å². The number of methoxy groups -OCH3 is 2. The number of aliphatic hydroxyl groups excluding tert-OH is 1. The van der Waals surface area contributed by atoms with Crippen LogP contribution in [-0.2, 0) is 24.1 Å². The molecule has 2 N–H and O–H groups in total. The molecule has 8 heteroatoms. The van der Waals surface area contributed by atoms with Gasteiger partial charge in [-0.15, -0.1) is 0 Å². The molecule has 2 aromatic carbocycles. The molecule has 3 aromatic rings. The minimum Gasteiger partial charge on any atom is -0.497 e. The van der Waals surface area contributed by atoms with Crippen LogP contribution in [0.1, 0.15) is 49.9 Å². The Hall–Kier alpha value is -2.94. The molecule has 1 heterocycles. The molecule has 0 spiro atoms. The fourth-order valence-electron chi connectivity index (χ4n) is 3.77. The summed E-state index contributed by atoms with van der Waals surface area (Å²) < 4.78 is 26.4. The lowest BCUT2D eigenvalue weighted by Gasteiger charge is -2.30. The summed E-state index contributed by atoms with van der Waals surface area (Å²) in [7, 11) is 2.00. The Labute approximate surface area is 217 Å².